The third kappa shape index (κ3) is 5.29. The van der Waals surface area contributed by atoms with Gasteiger partial charge in [0.05, 0.1) is 26.1 Å². The van der Waals surface area contributed by atoms with Gasteiger partial charge in [-0.3, -0.25) is 9.69 Å². The van der Waals surface area contributed by atoms with Gasteiger partial charge < -0.3 is 9.64 Å². The second kappa shape index (κ2) is 8.18. The summed E-state index contributed by atoms with van der Waals surface area (Å²) in [7, 11) is 5.26. The molecule has 0 saturated heterocycles. The molecule has 20 heavy (non-hydrogen) atoms. The van der Waals surface area contributed by atoms with Crippen LogP contribution in [0.25, 0.3) is 0 Å². The number of hydrogen-bond donors (Lipinski definition) is 0. The smallest absolute Gasteiger partial charge is 0.236 e. The molecule has 1 rings (SSSR count). The first-order valence-corrected chi connectivity index (χ1v) is 6.49. The molecule has 0 aromatic heterocycles. The Morgan fingerprint density at radius 2 is 1.95 bits per heavy atom. The molecular weight excluding hydrogens is 254 g/mol. The van der Waals surface area contributed by atoms with Gasteiger partial charge in [0, 0.05) is 20.1 Å². The summed E-state index contributed by atoms with van der Waals surface area (Å²) in [5.74, 6) is 0.847. The lowest BCUT2D eigenvalue weighted by atomic mass is 10.2. The van der Waals surface area contributed by atoms with Gasteiger partial charge in [-0.1, -0.05) is 12.1 Å². The topological polar surface area (TPSA) is 56.6 Å². The SMILES string of the molecule is COc1ccc(CN(C)CC(=O)N(C)CCC#N)cc1. The van der Waals surface area contributed by atoms with E-state index in [-0.39, 0.29) is 5.91 Å². The van der Waals surface area contributed by atoms with E-state index in [0.29, 0.717) is 26.1 Å². The molecule has 0 fully saturated rings. The molecule has 0 heterocycles. The third-order valence-corrected chi connectivity index (χ3v) is 3.00. The third-order valence-electron chi connectivity index (χ3n) is 3.00. The van der Waals surface area contributed by atoms with Gasteiger partial charge in [-0.2, -0.15) is 5.26 Å². The molecule has 5 nitrogen and oxygen atoms in total. The summed E-state index contributed by atoms with van der Waals surface area (Å²) >= 11 is 0. The quantitative estimate of drug-likeness (QED) is 0.756. The van der Waals surface area contributed by atoms with Gasteiger partial charge in [0.1, 0.15) is 5.75 Å². The highest BCUT2D eigenvalue weighted by atomic mass is 16.5. The number of methoxy groups -OCH3 is 1. The zero-order valence-corrected chi connectivity index (χ0v) is 12.3. The Kier molecular flexibility index (Phi) is 6.54. The van der Waals surface area contributed by atoms with Crippen molar-refractivity contribution in [2.75, 3.05) is 34.3 Å². The summed E-state index contributed by atoms with van der Waals surface area (Å²) in [6.07, 6.45) is 0.366. The highest BCUT2D eigenvalue weighted by Gasteiger charge is 2.11. The van der Waals surface area contributed by atoms with Crippen molar-refractivity contribution in [1.82, 2.24) is 9.80 Å². The molecule has 1 aromatic rings. The van der Waals surface area contributed by atoms with Crippen LogP contribution in [0.1, 0.15) is 12.0 Å². The summed E-state index contributed by atoms with van der Waals surface area (Å²) in [6.45, 7) is 1.52. The van der Waals surface area contributed by atoms with Crippen molar-refractivity contribution < 1.29 is 9.53 Å². The van der Waals surface area contributed by atoms with Crippen LogP contribution < -0.4 is 4.74 Å². The van der Waals surface area contributed by atoms with E-state index in [0.717, 1.165) is 11.3 Å². The molecule has 0 N–H and O–H groups in total. The van der Waals surface area contributed by atoms with Gasteiger partial charge in [-0.15, -0.1) is 0 Å². The largest absolute Gasteiger partial charge is 0.497 e. The lowest BCUT2D eigenvalue weighted by Crippen LogP contribution is -2.36. The maximum Gasteiger partial charge on any atom is 0.236 e. The number of amides is 1. The van der Waals surface area contributed by atoms with E-state index in [1.807, 2.05) is 42.3 Å². The number of hydrogen-bond acceptors (Lipinski definition) is 4. The molecule has 0 aliphatic carbocycles. The fourth-order valence-electron chi connectivity index (χ4n) is 1.79. The molecule has 0 aliphatic heterocycles. The average Bonchev–Trinajstić information content (AvgIpc) is 2.45. The van der Waals surface area contributed by atoms with E-state index >= 15 is 0 Å². The molecule has 108 valence electrons. The molecule has 1 amide bonds. The van der Waals surface area contributed by atoms with Crippen LogP contribution in [0.3, 0.4) is 0 Å². The van der Waals surface area contributed by atoms with Crippen molar-refractivity contribution in [3.8, 4) is 11.8 Å². The minimum Gasteiger partial charge on any atom is -0.497 e. The van der Waals surface area contributed by atoms with E-state index in [9.17, 15) is 4.79 Å². The summed E-state index contributed by atoms with van der Waals surface area (Å²) in [5, 5.41) is 8.51. The number of likely N-dealkylation sites (N-methyl/N-ethyl adjacent to an activating group) is 2. The fraction of sp³-hybridized carbons (Fsp3) is 0.467. The van der Waals surface area contributed by atoms with E-state index in [4.69, 9.17) is 10.00 Å². The molecule has 0 radical (unpaired) electrons. The number of carbonyl (C=O) groups excluding carboxylic acids is 1. The Balaban J connectivity index is 2.44. The molecule has 0 saturated carbocycles. The minimum absolute atomic E-state index is 0.0243. The predicted octanol–water partition coefficient (Wildman–Crippen LogP) is 1.50. The van der Waals surface area contributed by atoms with Crippen LogP contribution in [0, 0.1) is 11.3 Å². The van der Waals surface area contributed by atoms with Gasteiger partial charge in [0.25, 0.3) is 0 Å². The number of carbonyl (C=O) groups is 1. The highest BCUT2D eigenvalue weighted by Crippen LogP contribution is 2.12. The standard InChI is InChI=1S/C15H21N3O2/c1-17(12-15(19)18(2)10-4-9-16)11-13-5-7-14(20-3)8-6-13/h5-8H,4,10-12H2,1-3H3. The van der Waals surface area contributed by atoms with Gasteiger partial charge in [0.15, 0.2) is 0 Å². The second-order valence-electron chi connectivity index (χ2n) is 4.74. The first kappa shape index (κ1) is 16.0. The van der Waals surface area contributed by atoms with Crippen molar-refractivity contribution in [2.24, 2.45) is 0 Å². The van der Waals surface area contributed by atoms with Crippen LogP contribution >= 0.6 is 0 Å². The number of nitrogens with zero attached hydrogens (tertiary/aromatic N) is 3. The zero-order valence-electron chi connectivity index (χ0n) is 12.3. The molecule has 0 bridgehead atoms. The monoisotopic (exact) mass is 275 g/mol. The molecule has 0 unspecified atom stereocenters. The summed E-state index contributed by atoms with van der Waals surface area (Å²) < 4.78 is 5.11. The van der Waals surface area contributed by atoms with Gasteiger partial charge in [0.2, 0.25) is 5.91 Å². The summed E-state index contributed by atoms with van der Waals surface area (Å²) in [4.78, 5) is 15.4. The highest BCUT2D eigenvalue weighted by molar-refractivity contribution is 5.77. The van der Waals surface area contributed by atoms with E-state index in [1.54, 1.807) is 19.1 Å². The van der Waals surface area contributed by atoms with Crippen molar-refractivity contribution in [3.05, 3.63) is 29.8 Å². The van der Waals surface area contributed by atoms with Crippen LogP contribution in [0.15, 0.2) is 24.3 Å². The van der Waals surface area contributed by atoms with Crippen molar-refractivity contribution in [1.29, 1.82) is 5.26 Å². The Morgan fingerprint density at radius 3 is 2.50 bits per heavy atom. The first-order chi connectivity index (χ1) is 9.56. The number of benzene rings is 1. The van der Waals surface area contributed by atoms with Crippen molar-refractivity contribution in [2.45, 2.75) is 13.0 Å². The number of nitriles is 1. The maximum atomic E-state index is 11.9. The van der Waals surface area contributed by atoms with Crippen LogP contribution in [0.2, 0.25) is 0 Å². The van der Waals surface area contributed by atoms with Gasteiger partial charge in [-0.05, 0) is 24.7 Å². The van der Waals surface area contributed by atoms with Crippen LogP contribution in [0.5, 0.6) is 5.75 Å². The van der Waals surface area contributed by atoms with Gasteiger partial charge >= 0.3 is 0 Å². The first-order valence-electron chi connectivity index (χ1n) is 6.49. The van der Waals surface area contributed by atoms with Crippen molar-refractivity contribution >= 4 is 5.91 Å². The van der Waals surface area contributed by atoms with E-state index < -0.39 is 0 Å². The molecule has 0 aliphatic rings. The Morgan fingerprint density at radius 1 is 1.30 bits per heavy atom. The molecule has 0 atom stereocenters. The average molecular weight is 275 g/mol. The maximum absolute atomic E-state index is 11.9. The lowest BCUT2D eigenvalue weighted by molar-refractivity contribution is -0.130. The Hall–Kier alpha value is -2.06. The van der Waals surface area contributed by atoms with Crippen LogP contribution in [0.4, 0.5) is 0 Å². The minimum atomic E-state index is 0.0243. The number of rotatable bonds is 7. The summed E-state index contributed by atoms with van der Waals surface area (Å²) in [5.41, 5.74) is 1.13. The predicted molar refractivity (Wildman–Crippen MR) is 77.2 cm³/mol. The molecule has 5 heteroatoms. The molecular formula is C15H21N3O2. The Bertz CT molecular complexity index is 465. The Labute approximate surface area is 120 Å². The normalized spacial score (nSPS) is 10.2. The van der Waals surface area contributed by atoms with Crippen molar-refractivity contribution in [3.63, 3.8) is 0 Å². The zero-order chi connectivity index (χ0) is 15.0. The van der Waals surface area contributed by atoms with Gasteiger partial charge in [-0.25, -0.2) is 0 Å². The fourth-order valence-corrected chi connectivity index (χ4v) is 1.79. The number of ether oxygens (including phenoxy) is 1. The van der Waals surface area contributed by atoms with Crippen LogP contribution in [-0.4, -0.2) is 50.0 Å². The molecule has 1 aromatic carbocycles. The van der Waals surface area contributed by atoms with E-state index in [2.05, 4.69) is 0 Å². The second-order valence-corrected chi connectivity index (χ2v) is 4.74. The summed E-state index contributed by atoms with van der Waals surface area (Å²) in [6, 6.07) is 9.82. The van der Waals surface area contributed by atoms with E-state index in [1.165, 1.54) is 0 Å². The van der Waals surface area contributed by atoms with Crippen LogP contribution in [-0.2, 0) is 11.3 Å². The molecule has 0 spiro atoms. The lowest BCUT2D eigenvalue weighted by Gasteiger charge is -2.21.